The lowest BCUT2D eigenvalue weighted by molar-refractivity contribution is -0.117. The van der Waals surface area contributed by atoms with Crippen LogP contribution in [0.2, 0.25) is 0 Å². The molecule has 0 fully saturated rings. The number of methoxy groups -OCH3 is 1. The van der Waals surface area contributed by atoms with Crippen molar-refractivity contribution in [3.8, 4) is 23.2 Å². The number of hydrogen-bond acceptors (Lipinski definition) is 7. The molecule has 124 valence electrons. The smallest absolute Gasteiger partial charge is 0.191 e. The van der Waals surface area contributed by atoms with Crippen molar-refractivity contribution in [1.82, 2.24) is 14.8 Å². The second-order valence-corrected chi connectivity index (χ2v) is 6.01. The zero-order chi connectivity index (χ0) is 17.7. The lowest BCUT2D eigenvalue weighted by Gasteiger charge is -2.08. The van der Waals surface area contributed by atoms with Gasteiger partial charge < -0.3 is 14.7 Å². The van der Waals surface area contributed by atoms with E-state index in [-0.39, 0.29) is 17.2 Å². The highest BCUT2D eigenvalue weighted by Gasteiger charge is 2.22. The minimum Gasteiger partial charge on any atom is -0.496 e. The Hall–Kier alpha value is -2.66. The number of ketones is 1. The number of aromatic nitrogens is 3. The normalized spacial score (nSPS) is 11.6. The van der Waals surface area contributed by atoms with E-state index >= 15 is 0 Å². The Kier molecular flexibility index (Phi) is 5.71. The fraction of sp³-hybridized carbons (Fsp3) is 0.312. The molecule has 7 nitrogen and oxygen atoms in total. The molecule has 1 unspecified atom stereocenters. The molecule has 2 aromatic rings. The van der Waals surface area contributed by atoms with E-state index in [9.17, 15) is 4.79 Å². The van der Waals surface area contributed by atoms with E-state index < -0.39 is 5.92 Å². The fourth-order valence-corrected chi connectivity index (χ4v) is 2.95. The molecule has 0 radical (unpaired) electrons. The minimum atomic E-state index is -1.00. The van der Waals surface area contributed by atoms with Crippen LogP contribution in [0.5, 0.6) is 5.75 Å². The molecule has 0 bridgehead atoms. The van der Waals surface area contributed by atoms with Crippen LogP contribution in [-0.4, -0.2) is 39.1 Å². The van der Waals surface area contributed by atoms with Gasteiger partial charge in [-0.1, -0.05) is 23.9 Å². The summed E-state index contributed by atoms with van der Waals surface area (Å²) in [6.07, 6.45) is 0. The lowest BCUT2D eigenvalue weighted by atomic mass is 10.0. The molecule has 1 atom stereocenters. The summed E-state index contributed by atoms with van der Waals surface area (Å²) < 4.78 is 7.11. The fourth-order valence-electron chi connectivity index (χ4n) is 2.13. The van der Waals surface area contributed by atoms with E-state index in [1.165, 1.54) is 18.7 Å². The van der Waals surface area contributed by atoms with Crippen LogP contribution in [0.3, 0.4) is 0 Å². The summed E-state index contributed by atoms with van der Waals surface area (Å²) in [5.74, 6) is 0.0649. The van der Waals surface area contributed by atoms with Gasteiger partial charge in [0, 0.05) is 12.8 Å². The van der Waals surface area contributed by atoms with Crippen LogP contribution in [0.25, 0.3) is 11.4 Å². The van der Waals surface area contributed by atoms with Crippen LogP contribution in [0.4, 0.5) is 0 Å². The van der Waals surface area contributed by atoms with Gasteiger partial charge in [0.25, 0.3) is 0 Å². The Balaban J connectivity index is 2.18. The van der Waals surface area contributed by atoms with Gasteiger partial charge in [-0.3, -0.25) is 4.79 Å². The minimum absolute atomic E-state index is 0.0516. The first-order chi connectivity index (χ1) is 11.5. The first-order valence-corrected chi connectivity index (χ1v) is 8.11. The number of ether oxygens (including phenoxy) is 1. The lowest BCUT2D eigenvalue weighted by Crippen LogP contribution is -2.21. The first-order valence-electron chi connectivity index (χ1n) is 7.12. The molecular weight excluding hydrogens is 326 g/mol. The van der Waals surface area contributed by atoms with Gasteiger partial charge in [-0.25, -0.2) is 0 Å². The molecule has 2 rings (SSSR count). The maximum Gasteiger partial charge on any atom is 0.191 e. The van der Waals surface area contributed by atoms with Crippen molar-refractivity contribution >= 4 is 23.3 Å². The van der Waals surface area contributed by atoms with E-state index in [0.717, 1.165) is 5.56 Å². The number of thioether (sulfide) groups is 1. The number of rotatable bonds is 7. The molecule has 0 saturated carbocycles. The largest absolute Gasteiger partial charge is 0.496 e. The monoisotopic (exact) mass is 343 g/mol. The van der Waals surface area contributed by atoms with E-state index in [0.29, 0.717) is 16.7 Å². The number of Topliss-reactive ketones (excluding diaryl/α,β-unsaturated/α-hetero) is 1. The van der Waals surface area contributed by atoms with Crippen molar-refractivity contribution in [2.24, 2.45) is 13.0 Å². The zero-order valence-corrected chi connectivity index (χ0v) is 14.4. The average molecular weight is 343 g/mol. The van der Waals surface area contributed by atoms with Gasteiger partial charge in [0.1, 0.15) is 11.7 Å². The SMILES string of the molecule is COc1ccccc1-c1nnc(SCC(=O)C(C#N)C(C)=N)n1C. The third-order valence-corrected chi connectivity index (χ3v) is 4.45. The number of carbonyl (C=O) groups is 1. The average Bonchev–Trinajstić information content (AvgIpc) is 2.93. The molecule has 0 aliphatic heterocycles. The van der Waals surface area contributed by atoms with Crippen molar-refractivity contribution in [2.45, 2.75) is 12.1 Å². The van der Waals surface area contributed by atoms with E-state index in [4.69, 9.17) is 15.4 Å². The number of hydrogen-bond donors (Lipinski definition) is 1. The highest BCUT2D eigenvalue weighted by atomic mass is 32.2. The summed E-state index contributed by atoms with van der Waals surface area (Å²) in [6, 6.07) is 9.32. The van der Waals surface area contributed by atoms with Crippen molar-refractivity contribution < 1.29 is 9.53 Å². The highest BCUT2D eigenvalue weighted by Crippen LogP contribution is 2.30. The van der Waals surface area contributed by atoms with Crippen molar-refractivity contribution in [2.75, 3.05) is 12.9 Å². The topological polar surface area (TPSA) is 105 Å². The van der Waals surface area contributed by atoms with Crippen LogP contribution in [0, 0.1) is 22.7 Å². The third-order valence-electron chi connectivity index (χ3n) is 3.41. The number of carbonyl (C=O) groups excluding carboxylic acids is 1. The molecule has 0 saturated heterocycles. The second-order valence-electron chi connectivity index (χ2n) is 5.07. The summed E-state index contributed by atoms with van der Waals surface area (Å²) in [5.41, 5.74) is 0.856. The van der Waals surface area contributed by atoms with E-state index in [1.54, 1.807) is 18.7 Å². The molecule has 0 amide bonds. The Labute approximate surface area is 144 Å². The predicted molar refractivity (Wildman–Crippen MR) is 91.2 cm³/mol. The number of nitrogens with zero attached hydrogens (tertiary/aromatic N) is 4. The van der Waals surface area contributed by atoms with Gasteiger partial charge in [0.15, 0.2) is 16.8 Å². The second kappa shape index (κ2) is 7.75. The van der Waals surface area contributed by atoms with Gasteiger partial charge >= 0.3 is 0 Å². The molecule has 1 N–H and O–H groups in total. The zero-order valence-electron chi connectivity index (χ0n) is 13.6. The molecular formula is C16H17N5O2S. The van der Waals surface area contributed by atoms with Crippen LogP contribution in [-0.2, 0) is 11.8 Å². The number of para-hydroxylation sites is 1. The molecule has 0 spiro atoms. The Bertz CT molecular complexity index is 809. The molecule has 1 aromatic heterocycles. The Morgan fingerprint density at radius 1 is 1.46 bits per heavy atom. The highest BCUT2D eigenvalue weighted by molar-refractivity contribution is 7.99. The standard InChI is InChI=1S/C16H17N5O2S/c1-10(18)12(8-17)13(22)9-24-16-20-19-15(21(16)2)11-6-4-5-7-14(11)23-3/h4-7,12,18H,9H2,1-3H3. The van der Waals surface area contributed by atoms with Crippen LogP contribution < -0.4 is 4.74 Å². The molecule has 1 aromatic carbocycles. The van der Waals surface area contributed by atoms with Gasteiger partial charge in [0.05, 0.1) is 24.5 Å². The maximum absolute atomic E-state index is 12.0. The van der Waals surface area contributed by atoms with Crippen molar-refractivity contribution in [1.29, 1.82) is 10.7 Å². The number of nitrogens with one attached hydrogen (secondary N) is 1. The Morgan fingerprint density at radius 3 is 2.79 bits per heavy atom. The quantitative estimate of drug-likeness (QED) is 0.611. The van der Waals surface area contributed by atoms with E-state index in [1.807, 2.05) is 30.3 Å². The third kappa shape index (κ3) is 3.63. The van der Waals surface area contributed by atoms with Crippen LogP contribution in [0.1, 0.15) is 6.92 Å². The van der Waals surface area contributed by atoms with Crippen LogP contribution in [0.15, 0.2) is 29.4 Å². The molecule has 0 aliphatic carbocycles. The summed E-state index contributed by atoms with van der Waals surface area (Å²) >= 11 is 1.20. The van der Waals surface area contributed by atoms with Crippen LogP contribution >= 0.6 is 11.8 Å². The molecule has 0 aliphatic rings. The van der Waals surface area contributed by atoms with Gasteiger partial charge in [-0.05, 0) is 19.1 Å². The predicted octanol–water partition coefficient (Wildman–Crippen LogP) is 2.33. The molecule has 1 heterocycles. The number of nitriles is 1. The van der Waals surface area contributed by atoms with Gasteiger partial charge in [0.2, 0.25) is 0 Å². The first kappa shape index (κ1) is 17.7. The summed E-state index contributed by atoms with van der Waals surface area (Å²) in [5, 5.41) is 25.3. The maximum atomic E-state index is 12.0. The molecule has 24 heavy (non-hydrogen) atoms. The number of benzene rings is 1. The van der Waals surface area contributed by atoms with Gasteiger partial charge in [-0.15, -0.1) is 10.2 Å². The van der Waals surface area contributed by atoms with Crippen molar-refractivity contribution in [3.05, 3.63) is 24.3 Å². The Morgan fingerprint density at radius 2 is 2.17 bits per heavy atom. The van der Waals surface area contributed by atoms with E-state index in [2.05, 4.69) is 10.2 Å². The summed E-state index contributed by atoms with van der Waals surface area (Å²) in [4.78, 5) is 12.0. The molecule has 8 heteroatoms. The summed E-state index contributed by atoms with van der Waals surface area (Å²) in [6.45, 7) is 1.46. The summed E-state index contributed by atoms with van der Waals surface area (Å²) in [7, 11) is 3.39. The van der Waals surface area contributed by atoms with Crippen molar-refractivity contribution in [3.63, 3.8) is 0 Å². The van der Waals surface area contributed by atoms with Gasteiger partial charge in [-0.2, -0.15) is 5.26 Å².